The van der Waals surface area contributed by atoms with Gasteiger partial charge in [0.25, 0.3) is 0 Å². The summed E-state index contributed by atoms with van der Waals surface area (Å²) in [7, 11) is 1.84. The van der Waals surface area contributed by atoms with Crippen LogP contribution >= 0.6 is 0 Å². The van der Waals surface area contributed by atoms with E-state index < -0.39 is 0 Å². The van der Waals surface area contributed by atoms with Crippen LogP contribution in [0.25, 0.3) is 11.4 Å². The van der Waals surface area contributed by atoms with Gasteiger partial charge in [-0.05, 0) is 23.1 Å². The lowest BCUT2D eigenvalue weighted by atomic mass is 10.0. The van der Waals surface area contributed by atoms with Gasteiger partial charge < -0.3 is 19.1 Å². The highest BCUT2D eigenvalue weighted by Gasteiger charge is 2.18. The van der Waals surface area contributed by atoms with E-state index in [1.165, 1.54) is 11.3 Å². The maximum atomic E-state index is 12.8. The summed E-state index contributed by atoms with van der Waals surface area (Å²) in [6.45, 7) is 8.09. The fourth-order valence-electron chi connectivity index (χ4n) is 4.00. The molecule has 0 radical (unpaired) electrons. The van der Waals surface area contributed by atoms with Crippen molar-refractivity contribution >= 4 is 11.6 Å². The molecule has 1 amide bonds. The lowest BCUT2D eigenvalue weighted by Gasteiger charge is -2.31. The summed E-state index contributed by atoms with van der Waals surface area (Å²) in [4.78, 5) is 21.4. The number of rotatable bonds is 8. The summed E-state index contributed by atoms with van der Waals surface area (Å²) in [6.07, 6.45) is 0.746. The lowest BCUT2D eigenvalue weighted by molar-refractivity contribution is -0.130. The molecule has 2 aromatic carbocycles. The summed E-state index contributed by atoms with van der Waals surface area (Å²) in [6, 6.07) is 16.5. The average molecular weight is 449 g/mol. The second kappa shape index (κ2) is 10.6. The van der Waals surface area contributed by atoms with Gasteiger partial charge in [-0.15, -0.1) is 0 Å². The number of hydrogen-bond donors (Lipinski definition) is 0. The first kappa shape index (κ1) is 23.0. The molecule has 0 N–H and O–H groups in total. The number of aromatic nitrogens is 2. The molecular formula is C26H32N4O3. The number of benzene rings is 2. The van der Waals surface area contributed by atoms with Gasteiger partial charge in [-0.2, -0.15) is 4.98 Å². The first-order chi connectivity index (χ1) is 16.0. The molecule has 0 saturated carbocycles. The van der Waals surface area contributed by atoms with Crippen LogP contribution in [0.2, 0.25) is 0 Å². The molecule has 4 rings (SSSR count). The van der Waals surface area contributed by atoms with E-state index in [0.717, 1.165) is 37.4 Å². The van der Waals surface area contributed by atoms with Crippen molar-refractivity contribution in [1.82, 2.24) is 15.0 Å². The molecule has 0 spiro atoms. The minimum absolute atomic E-state index is 0.0489. The van der Waals surface area contributed by atoms with E-state index in [0.29, 0.717) is 37.0 Å². The standard InChI is InChI=1S/C26H32N4O3/c1-19(2)20-8-10-21(11-9-20)26-27-24(33-28-26)12-13-25(31)29(3)18-22-6-4-5-7-23(22)30-14-16-32-17-15-30/h4-11,19H,12-18H2,1-3H3. The Labute approximate surface area is 195 Å². The first-order valence-corrected chi connectivity index (χ1v) is 11.6. The molecule has 3 aromatic rings. The van der Waals surface area contributed by atoms with Crippen molar-refractivity contribution in [3.8, 4) is 11.4 Å². The van der Waals surface area contributed by atoms with Crippen molar-refractivity contribution in [2.75, 3.05) is 38.3 Å². The topological polar surface area (TPSA) is 71.7 Å². The zero-order valence-electron chi connectivity index (χ0n) is 19.7. The molecule has 1 aliphatic rings. The third-order valence-electron chi connectivity index (χ3n) is 6.03. The Hall–Kier alpha value is -3.19. The molecule has 0 atom stereocenters. The van der Waals surface area contributed by atoms with Gasteiger partial charge in [-0.3, -0.25) is 4.79 Å². The maximum absolute atomic E-state index is 12.8. The Bertz CT molecular complexity index is 1060. The SMILES string of the molecule is CC(C)c1ccc(-c2noc(CCC(=O)N(C)Cc3ccccc3N3CCOCC3)n2)cc1. The molecule has 1 aliphatic heterocycles. The minimum Gasteiger partial charge on any atom is -0.378 e. The van der Waals surface area contributed by atoms with Crippen LogP contribution in [0.1, 0.15) is 43.2 Å². The maximum Gasteiger partial charge on any atom is 0.227 e. The predicted molar refractivity (Wildman–Crippen MR) is 128 cm³/mol. The van der Waals surface area contributed by atoms with Gasteiger partial charge in [0.2, 0.25) is 17.6 Å². The molecule has 33 heavy (non-hydrogen) atoms. The van der Waals surface area contributed by atoms with Crippen molar-refractivity contribution in [3.05, 3.63) is 65.5 Å². The molecule has 0 bridgehead atoms. The number of morpholine rings is 1. The summed E-state index contributed by atoms with van der Waals surface area (Å²) in [5.74, 6) is 1.56. The van der Waals surface area contributed by atoms with Crippen molar-refractivity contribution < 1.29 is 14.1 Å². The number of aryl methyl sites for hydroxylation is 1. The number of hydrogen-bond acceptors (Lipinski definition) is 6. The van der Waals surface area contributed by atoms with Gasteiger partial charge in [0.1, 0.15) is 0 Å². The summed E-state index contributed by atoms with van der Waals surface area (Å²) in [5.41, 5.74) is 4.49. The smallest absolute Gasteiger partial charge is 0.227 e. The van der Waals surface area contributed by atoms with E-state index in [4.69, 9.17) is 9.26 Å². The summed E-state index contributed by atoms with van der Waals surface area (Å²) >= 11 is 0. The van der Waals surface area contributed by atoms with E-state index in [1.54, 1.807) is 4.90 Å². The second-order valence-electron chi connectivity index (χ2n) is 8.77. The number of nitrogens with zero attached hydrogens (tertiary/aromatic N) is 4. The van der Waals surface area contributed by atoms with E-state index in [9.17, 15) is 4.79 Å². The Balaban J connectivity index is 1.33. The van der Waals surface area contributed by atoms with E-state index in [1.807, 2.05) is 31.3 Å². The van der Waals surface area contributed by atoms with Crippen molar-refractivity contribution in [2.45, 2.75) is 39.2 Å². The lowest BCUT2D eigenvalue weighted by Crippen LogP contribution is -2.37. The van der Waals surface area contributed by atoms with Gasteiger partial charge in [-0.25, -0.2) is 0 Å². The monoisotopic (exact) mass is 448 g/mol. The first-order valence-electron chi connectivity index (χ1n) is 11.6. The highest BCUT2D eigenvalue weighted by molar-refractivity contribution is 5.76. The fraction of sp³-hybridized carbons (Fsp3) is 0.423. The van der Waals surface area contributed by atoms with Gasteiger partial charge in [0.05, 0.1) is 13.2 Å². The number of anilines is 1. The molecule has 174 valence electrons. The van der Waals surface area contributed by atoms with Crippen LogP contribution in [-0.2, 0) is 22.5 Å². The molecular weight excluding hydrogens is 416 g/mol. The molecule has 2 heterocycles. The number of para-hydroxylation sites is 1. The molecule has 1 fully saturated rings. The number of carbonyl (C=O) groups is 1. The Morgan fingerprint density at radius 1 is 1.09 bits per heavy atom. The third kappa shape index (κ3) is 5.79. The summed E-state index contributed by atoms with van der Waals surface area (Å²) in [5, 5.41) is 4.09. The van der Waals surface area contributed by atoms with Crippen LogP contribution in [0.15, 0.2) is 53.1 Å². The molecule has 0 unspecified atom stereocenters. The Kier molecular flexibility index (Phi) is 7.40. The molecule has 1 saturated heterocycles. The van der Waals surface area contributed by atoms with Crippen molar-refractivity contribution in [3.63, 3.8) is 0 Å². The molecule has 1 aromatic heterocycles. The number of ether oxygens (including phenoxy) is 1. The highest BCUT2D eigenvalue weighted by atomic mass is 16.5. The van der Waals surface area contributed by atoms with E-state index in [2.05, 4.69) is 53.2 Å². The van der Waals surface area contributed by atoms with Crippen LogP contribution in [0, 0.1) is 0 Å². The zero-order chi connectivity index (χ0) is 23.2. The van der Waals surface area contributed by atoms with Crippen molar-refractivity contribution in [1.29, 1.82) is 0 Å². The minimum atomic E-state index is 0.0489. The Morgan fingerprint density at radius 2 is 1.82 bits per heavy atom. The summed E-state index contributed by atoms with van der Waals surface area (Å²) < 4.78 is 10.9. The third-order valence-corrected chi connectivity index (χ3v) is 6.03. The number of amides is 1. The van der Waals surface area contributed by atoms with Gasteiger partial charge in [-0.1, -0.05) is 61.5 Å². The Morgan fingerprint density at radius 3 is 2.55 bits per heavy atom. The van der Waals surface area contributed by atoms with Crippen LogP contribution in [-0.4, -0.2) is 54.3 Å². The molecule has 0 aliphatic carbocycles. The zero-order valence-corrected chi connectivity index (χ0v) is 19.7. The molecule has 7 heteroatoms. The van der Waals surface area contributed by atoms with Crippen LogP contribution in [0.3, 0.4) is 0 Å². The fourth-order valence-corrected chi connectivity index (χ4v) is 4.00. The van der Waals surface area contributed by atoms with E-state index >= 15 is 0 Å². The van der Waals surface area contributed by atoms with Crippen LogP contribution < -0.4 is 4.90 Å². The highest BCUT2D eigenvalue weighted by Crippen LogP contribution is 2.23. The largest absolute Gasteiger partial charge is 0.378 e. The van der Waals surface area contributed by atoms with Crippen LogP contribution in [0.5, 0.6) is 0 Å². The van der Waals surface area contributed by atoms with Gasteiger partial charge in [0.15, 0.2) is 0 Å². The average Bonchev–Trinajstić information content (AvgIpc) is 3.32. The predicted octanol–water partition coefficient (Wildman–Crippen LogP) is 4.29. The van der Waals surface area contributed by atoms with Gasteiger partial charge in [0, 0.05) is 50.8 Å². The normalized spacial score (nSPS) is 14.0. The van der Waals surface area contributed by atoms with Crippen molar-refractivity contribution in [2.24, 2.45) is 0 Å². The quantitative estimate of drug-likeness (QED) is 0.512. The van der Waals surface area contributed by atoms with Crippen LogP contribution in [0.4, 0.5) is 5.69 Å². The van der Waals surface area contributed by atoms with E-state index in [-0.39, 0.29) is 5.91 Å². The number of carbonyl (C=O) groups excluding carboxylic acids is 1. The molecule has 7 nitrogen and oxygen atoms in total. The van der Waals surface area contributed by atoms with Gasteiger partial charge >= 0.3 is 0 Å². The second-order valence-corrected chi connectivity index (χ2v) is 8.77.